The molecular weight excluding hydrogens is 379 g/mol. The minimum absolute atomic E-state index is 0. The van der Waals surface area contributed by atoms with Gasteiger partial charge in [-0.3, -0.25) is 9.59 Å². The van der Waals surface area contributed by atoms with Gasteiger partial charge in [0.1, 0.15) is 0 Å². The Morgan fingerprint density at radius 1 is 1.11 bits per heavy atom. The fourth-order valence-corrected chi connectivity index (χ4v) is 5.40. The molecule has 28 heavy (non-hydrogen) atoms. The van der Waals surface area contributed by atoms with Crippen LogP contribution in [-0.2, 0) is 33.6 Å². The summed E-state index contributed by atoms with van der Waals surface area (Å²) in [6, 6.07) is 0. The van der Waals surface area contributed by atoms with E-state index in [4.69, 9.17) is 29.1 Å². The summed E-state index contributed by atoms with van der Waals surface area (Å²) in [5.74, 6) is -1.82. The number of fused-ring (bicyclic) bond motifs is 2. The van der Waals surface area contributed by atoms with Crippen molar-refractivity contribution in [2.45, 2.75) is 83.3 Å². The first-order valence-electron chi connectivity index (χ1n) is 9.86. The quantitative estimate of drug-likeness (QED) is 0.430. The molecule has 9 heteroatoms. The zero-order valence-corrected chi connectivity index (χ0v) is 19.0. The van der Waals surface area contributed by atoms with E-state index in [9.17, 15) is 9.59 Å². The molecule has 4 heterocycles. The maximum absolute atomic E-state index is 12.1. The van der Waals surface area contributed by atoms with Crippen molar-refractivity contribution < 1.29 is 38.7 Å². The van der Waals surface area contributed by atoms with E-state index in [0.29, 0.717) is 12.3 Å². The molecule has 1 radical (unpaired) electrons. The van der Waals surface area contributed by atoms with E-state index in [1.54, 1.807) is 0 Å². The molecule has 5 rings (SSSR count). The van der Waals surface area contributed by atoms with E-state index in [0.717, 1.165) is 19.3 Å². The Bertz CT molecular complexity index is 629. The molecule has 5 aliphatic rings. The first-order valence-corrected chi connectivity index (χ1v) is 9.86. The number of ether oxygens (including phenoxy) is 3. The second-order valence-corrected chi connectivity index (χ2v) is 8.66. The number of hydrogen-bond acceptors (Lipinski definition) is 7. The Labute approximate surface area is 186 Å². The summed E-state index contributed by atoms with van der Waals surface area (Å²) in [6.07, 6.45) is 1.72. The van der Waals surface area contributed by atoms with Crippen molar-refractivity contribution in [2.24, 2.45) is 23.7 Å². The molecule has 2 bridgehead atoms. The molecule has 0 unspecified atom stereocenters. The van der Waals surface area contributed by atoms with Crippen molar-refractivity contribution in [3.63, 3.8) is 0 Å². The molecule has 153 valence electrons. The van der Waals surface area contributed by atoms with Crippen LogP contribution in [0.15, 0.2) is 0 Å². The Hall–Kier alpha value is -0.220. The van der Waals surface area contributed by atoms with Crippen molar-refractivity contribution in [1.29, 1.82) is 0 Å². The molecule has 0 aromatic heterocycles. The van der Waals surface area contributed by atoms with Crippen molar-refractivity contribution in [3.8, 4) is 0 Å². The monoisotopic (exact) mass is 407 g/mol. The van der Waals surface area contributed by atoms with Crippen LogP contribution in [0, 0.1) is 23.7 Å². The van der Waals surface area contributed by atoms with Crippen LogP contribution in [0.4, 0.5) is 0 Å². The average molecular weight is 407 g/mol. The van der Waals surface area contributed by atoms with Gasteiger partial charge in [0.05, 0.1) is 12.8 Å². The molecule has 0 aromatic carbocycles. The van der Waals surface area contributed by atoms with Crippen LogP contribution in [0.2, 0.25) is 0 Å². The second-order valence-electron chi connectivity index (χ2n) is 8.66. The molecule has 4 saturated heterocycles. The van der Waals surface area contributed by atoms with E-state index < -0.39 is 35.9 Å². The van der Waals surface area contributed by atoms with Crippen LogP contribution in [0.5, 0.6) is 0 Å². The number of carboxylic acids is 1. The predicted octanol–water partition coefficient (Wildman–Crippen LogP) is 2.22. The summed E-state index contributed by atoms with van der Waals surface area (Å²) in [5.41, 5.74) is -0.697. The summed E-state index contributed by atoms with van der Waals surface area (Å²) >= 11 is 0. The van der Waals surface area contributed by atoms with Gasteiger partial charge >= 0.3 is 11.9 Å². The van der Waals surface area contributed by atoms with E-state index in [1.165, 1.54) is 0 Å². The van der Waals surface area contributed by atoms with Crippen LogP contribution in [0.1, 0.15) is 59.3 Å². The molecule has 1 spiro atoms. The molecule has 0 amide bonds. The van der Waals surface area contributed by atoms with E-state index in [1.807, 2.05) is 13.8 Å². The maximum atomic E-state index is 12.1. The zero-order chi connectivity index (χ0) is 19.4. The number of aliphatic carboxylic acids is 1. The van der Waals surface area contributed by atoms with Gasteiger partial charge in [-0.15, -0.1) is 0 Å². The number of carbonyl (C=O) groups excluding carboxylic acids is 1. The summed E-state index contributed by atoms with van der Waals surface area (Å²) in [4.78, 5) is 34.5. The Balaban J connectivity index is 0.00000225. The number of carboxylic acid groups (broad SMARTS) is 1. The van der Waals surface area contributed by atoms with E-state index in [2.05, 4.69) is 6.92 Å². The Morgan fingerprint density at radius 2 is 1.86 bits per heavy atom. The summed E-state index contributed by atoms with van der Waals surface area (Å²) < 4.78 is 17.8. The molecule has 8 nitrogen and oxygen atoms in total. The molecule has 1 aliphatic carbocycles. The van der Waals surface area contributed by atoms with Crippen molar-refractivity contribution in [3.05, 3.63) is 0 Å². The Kier molecular flexibility index (Phi) is 6.53. The minimum atomic E-state index is -1.03. The van der Waals surface area contributed by atoms with Crippen molar-refractivity contribution in [2.75, 3.05) is 0 Å². The van der Waals surface area contributed by atoms with Gasteiger partial charge in [-0.2, -0.15) is 0 Å². The first-order chi connectivity index (χ1) is 12.7. The maximum Gasteiger partial charge on any atom is 0.308 e. The fraction of sp³-hybridized carbons (Fsp3) is 0.895. The van der Waals surface area contributed by atoms with Gasteiger partial charge in [0.25, 0.3) is 0 Å². The molecule has 0 aromatic rings. The second kappa shape index (κ2) is 8.13. The molecule has 8 atom stereocenters. The third kappa shape index (κ3) is 3.66. The van der Waals surface area contributed by atoms with Crippen LogP contribution < -0.4 is 0 Å². The summed E-state index contributed by atoms with van der Waals surface area (Å²) in [5, 5.41) is 8.76. The molecule has 4 aliphatic heterocycles. The van der Waals surface area contributed by atoms with E-state index in [-0.39, 0.29) is 60.2 Å². The first kappa shape index (κ1) is 22.5. The molecule has 5 fully saturated rings. The number of carbonyl (C=O) groups is 2. The average Bonchev–Trinajstić information content (AvgIpc) is 2.84. The predicted molar refractivity (Wildman–Crippen MR) is 95.5 cm³/mol. The van der Waals surface area contributed by atoms with Crippen LogP contribution in [0.3, 0.4) is 0 Å². The molecular formula is C19H28NaO8. The van der Waals surface area contributed by atoms with Crippen molar-refractivity contribution in [1.82, 2.24) is 0 Å². The standard InChI is InChI=1S/C19H28O8.Na/c1-10-4-5-13-11(2)16(23-15(22)7-6-14(20)21)24-17-19(13)12(10)8-9-18(3,25-17)26-27-19;/h10-13,16-17H,4-9H2,1-3H3,(H,20,21);/t10-,11-,12+,13+,16-,17-,18-,19-;/m1./s1. The number of esters is 1. The van der Waals surface area contributed by atoms with Crippen LogP contribution >= 0.6 is 0 Å². The molecule has 1 saturated carbocycles. The number of hydrogen-bond donors (Lipinski definition) is 1. The number of rotatable bonds is 4. The molecule has 1 N–H and O–H groups in total. The van der Waals surface area contributed by atoms with Gasteiger partial charge in [0, 0.05) is 47.8 Å². The van der Waals surface area contributed by atoms with E-state index >= 15 is 0 Å². The van der Waals surface area contributed by atoms with Gasteiger partial charge in [0.2, 0.25) is 12.1 Å². The topological polar surface area (TPSA) is 101 Å². The summed E-state index contributed by atoms with van der Waals surface area (Å²) in [7, 11) is 0. The zero-order valence-electron chi connectivity index (χ0n) is 17.0. The van der Waals surface area contributed by atoms with Gasteiger partial charge in [-0.25, -0.2) is 9.78 Å². The van der Waals surface area contributed by atoms with Crippen LogP contribution in [0.25, 0.3) is 0 Å². The Morgan fingerprint density at radius 3 is 2.57 bits per heavy atom. The largest absolute Gasteiger partial charge is 0.481 e. The minimum Gasteiger partial charge on any atom is -0.481 e. The van der Waals surface area contributed by atoms with Gasteiger partial charge in [-0.05, 0) is 38.0 Å². The summed E-state index contributed by atoms with van der Waals surface area (Å²) in [6.45, 7) is 6.06. The van der Waals surface area contributed by atoms with Gasteiger partial charge in [-0.1, -0.05) is 13.8 Å². The van der Waals surface area contributed by atoms with Gasteiger partial charge in [0.15, 0.2) is 11.9 Å². The third-order valence-electron chi connectivity index (χ3n) is 6.89. The SMILES string of the molecule is C[C@H]1[C@H](OC(=O)CCC(=O)O)O[C@@H]2O[C@@]3(C)CC[C@H]4[C@H](C)CC[C@@H]1[C@@]24OO3.[Na]. The normalized spacial score (nSPS) is 46.7. The third-order valence-corrected chi connectivity index (χ3v) is 6.89. The van der Waals surface area contributed by atoms with Crippen molar-refractivity contribution >= 4 is 41.5 Å². The van der Waals surface area contributed by atoms with Gasteiger partial charge < -0.3 is 19.3 Å². The van der Waals surface area contributed by atoms with Crippen LogP contribution in [-0.4, -0.2) is 70.6 Å². The smallest absolute Gasteiger partial charge is 0.308 e. The fourth-order valence-electron chi connectivity index (χ4n) is 5.40.